The number of halogens is 3. The SMILES string of the molecule is C[C@@H]1CC(N2CCC[C@@]3(COc4nc(N5CCN(C(=O)OC(C)(C)C)CC5)c5cc(Cl)c(-c6ccc(F)c7sc(NC(=O)OC(C)(C)C)c(C#N)c67)c(F)c5n4)CCC[C@@H]23)C[C@H](C)O1. The normalized spacial score (nSPS) is 24.4. The summed E-state index contributed by atoms with van der Waals surface area (Å²) in [6, 6.07) is 6.99. The summed E-state index contributed by atoms with van der Waals surface area (Å²) in [6.07, 6.45) is 6.30. The molecule has 1 unspecified atom stereocenters. The molecule has 2 amide bonds. The van der Waals surface area contributed by atoms with Crippen LogP contribution in [0.2, 0.25) is 5.02 Å². The minimum Gasteiger partial charge on any atom is -0.463 e. The zero-order valence-electron chi connectivity index (χ0n) is 37.9. The van der Waals surface area contributed by atoms with Crippen LogP contribution in [0.3, 0.4) is 0 Å². The van der Waals surface area contributed by atoms with E-state index in [0.29, 0.717) is 56.1 Å². The van der Waals surface area contributed by atoms with Crippen LogP contribution in [0, 0.1) is 28.4 Å². The van der Waals surface area contributed by atoms with Crippen LogP contribution in [-0.4, -0.2) is 107 Å². The average molecular weight is 923 g/mol. The fourth-order valence-corrected chi connectivity index (χ4v) is 11.7. The molecule has 0 bridgehead atoms. The lowest BCUT2D eigenvalue weighted by Gasteiger charge is -2.51. The summed E-state index contributed by atoms with van der Waals surface area (Å²) < 4.78 is 57.1. The summed E-state index contributed by atoms with van der Waals surface area (Å²) in [4.78, 5) is 41.9. The van der Waals surface area contributed by atoms with Crippen molar-refractivity contribution in [2.24, 2.45) is 5.41 Å². The van der Waals surface area contributed by atoms with Gasteiger partial charge in [-0.1, -0.05) is 24.1 Å². The molecule has 1 N–H and O–H groups in total. The molecule has 344 valence electrons. The van der Waals surface area contributed by atoms with Crippen LogP contribution in [0.4, 0.5) is 29.2 Å². The first-order valence-corrected chi connectivity index (χ1v) is 23.6. The molecule has 2 aromatic carbocycles. The van der Waals surface area contributed by atoms with Crippen LogP contribution in [0.1, 0.15) is 106 Å². The van der Waals surface area contributed by atoms with E-state index < -0.39 is 35.0 Å². The minimum absolute atomic E-state index is 0.0102. The standard InChI is InChI=1S/C47H58ClF2N7O6S/c1-26-21-28(22-27(2)61-26)57-16-10-15-47(14-9-11-34(47)57)25-60-42-52-38-30(40(53-42)55-17-19-56(20-18-55)44(59)63-46(6,7)8)23-32(48)36(37(38)50)29-12-13-33(49)39-35(29)31(24-51)41(64-39)54-43(58)62-45(3,4)5/h12-13,23,26-28,34H,9-11,14-22,25H2,1-8H3,(H,54,58)/t26-,27+,28?,34-,47-/m1/s1. The Morgan fingerprint density at radius 2 is 1.69 bits per heavy atom. The van der Waals surface area contributed by atoms with Gasteiger partial charge in [0.05, 0.1) is 34.1 Å². The molecule has 4 fully saturated rings. The predicted molar refractivity (Wildman–Crippen MR) is 244 cm³/mol. The van der Waals surface area contributed by atoms with Gasteiger partial charge in [-0.05, 0) is 118 Å². The van der Waals surface area contributed by atoms with Crippen molar-refractivity contribution in [1.29, 1.82) is 5.26 Å². The van der Waals surface area contributed by atoms with Gasteiger partial charge in [0.15, 0.2) is 5.82 Å². The lowest BCUT2D eigenvalue weighted by Crippen LogP contribution is -2.57. The van der Waals surface area contributed by atoms with Crippen LogP contribution in [-0.2, 0) is 14.2 Å². The Kier molecular flexibility index (Phi) is 12.7. The first-order valence-electron chi connectivity index (χ1n) is 22.4. The lowest BCUT2D eigenvalue weighted by atomic mass is 9.74. The van der Waals surface area contributed by atoms with E-state index in [1.54, 1.807) is 31.7 Å². The van der Waals surface area contributed by atoms with E-state index >= 15 is 8.78 Å². The number of rotatable bonds is 7. The number of piperidine rings is 1. The largest absolute Gasteiger partial charge is 0.463 e. The number of carbonyl (C=O) groups is 2. The summed E-state index contributed by atoms with van der Waals surface area (Å²) in [5, 5.41) is 13.4. The highest BCUT2D eigenvalue weighted by atomic mass is 35.5. The van der Waals surface area contributed by atoms with Crippen LogP contribution in [0.25, 0.3) is 32.1 Å². The van der Waals surface area contributed by atoms with Gasteiger partial charge in [-0.2, -0.15) is 15.2 Å². The average Bonchev–Trinajstić information content (AvgIpc) is 3.81. The number of nitrogens with zero attached hydrogens (tertiary/aromatic N) is 6. The Balaban J connectivity index is 1.19. The van der Waals surface area contributed by atoms with Crippen molar-refractivity contribution in [1.82, 2.24) is 19.8 Å². The highest BCUT2D eigenvalue weighted by Crippen LogP contribution is 2.50. The van der Waals surface area contributed by atoms with Crippen molar-refractivity contribution >= 4 is 66.9 Å². The molecular formula is C47H58ClF2N7O6S. The molecule has 17 heteroatoms. The Hall–Kier alpha value is -4.56. The second-order valence-electron chi connectivity index (χ2n) is 19.9. The Morgan fingerprint density at radius 1 is 1.00 bits per heavy atom. The highest BCUT2D eigenvalue weighted by Gasteiger charge is 2.51. The van der Waals surface area contributed by atoms with Gasteiger partial charge in [-0.3, -0.25) is 10.2 Å². The maximum atomic E-state index is 17.7. The quantitative estimate of drug-likeness (QED) is 0.189. The van der Waals surface area contributed by atoms with Crippen molar-refractivity contribution in [3.05, 3.63) is 40.4 Å². The summed E-state index contributed by atoms with van der Waals surface area (Å²) in [6.45, 7) is 17.6. The molecule has 13 nitrogen and oxygen atoms in total. The molecular weight excluding hydrogens is 864 g/mol. The Morgan fingerprint density at radius 3 is 2.36 bits per heavy atom. The number of anilines is 2. The molecule has 5 atom stereocenters. The number of hydrogen-bond donors (Lipinski definition) is 1. The molecule has 2 aromatic heterocycles. The second-order valence-corrected chi connectivity index (χ2v) is 21.3. The highest BCUT2D eigenvalue weighted by molar-refractivity contribution is 7.23. The second kappa shape index (κ2) is 17.7. The number of piperazine rings is 1. The summed E-state index contributed by atoms with van der Waals surface area (Å²) >= 11 is 7.89. The van der Waals surface area contributed by atoms with Gasteiger partial charge in [0, 0.05) is 60.0 Å². The number of carbonyl (C=O) groups excluding carboxylic acids is 2. The van der Waals surface area contributed by atoms with Crippen molar-refractivity contribution < 1.29 is 37.3 Å². The third-order valence-corrected chi connectivity index (χ3v) is 14.3. The van der Waals surface area contributed by atoms with Gasteiger partial charge in [-0.25, -0.2) is 18.4 Å². The molecule has 3 saturated heterocycles. The number of likely N-dealkylation sites (tertiary alicyclic amines) is 1. The number of amides is 2. The zero-order valence-corrected chi connectivity index (χ0v) is 39.5. The first-order chi connectivity index (χ1) is 30.2. The van der Waals surface area contributed by atoms with Gasteiger partial charge in [0.25, 0.3) is 0 Å². The number of nitrogens with one attached hydrogen (secondary N) is 1. The smallest absolute Gasteiger partial charge is 0.412 e. The fraction of sp³-hybridized carbons (Fsp3) is 0.596. The number of nitriles is 1. The molecule has 1 saturated carbocycles. The van der Waals surface area contributed by atoms with Gasteiger partial charge >= 0.3 is 18.2 Å². The molecule has 1 aliphatic carbocycles. The number of aromatic nitrogens is 2. The van der Waals surface area contributed by atoms with Crippen LogP contribution < -0.4 is 15.0 Å². The van der Waals surface area contributed by atoms with Crippen molar-refractivity contribution in [3.8, 4) is 23.2 Å². The maximum Gasteiger partial charge on any atom is 0.412 e. The molecule has 0 spiro atoms. The number of fused-ring (bicyclic) bond motifs is 3. The lowest BCUT2D eigenvalue weighted by molar-refractivity contribution is -0.0967. The third-order valence-electron chi connectivity index (χ3n) is 12.8. The summed E-state index contributed by atoms with van der Waals surface area (Å²) in [5.74, 6) is -1.07. The third kappa shape index (κ3) is 9.28. The van der Waals surface area contributed by atoms with E-state index in [1.807, 2.05) is 25.7 Å². The number of thiophene rings is 1. The van der Waals surface area contributed by atoms with Gasteiger partial charge < -0.3 is 28.7 Å². The zero-order chi connectivity index (χ0) is 45.9. The number of benzene rings is 2. The maximum absolute atomic E-state index is 17.7. The van der Waals surface area contributed by atoms with E-state index in [4.69, 9.17) is 40.5 Å². The Labute approximate surface area is 382 Å². The van der Waals surface area contributed by atoms with E-state index in [2.05, 4.69) is 30.1 Å². The number of hydrogen-bond acceptors (Lipinski definition) is 12. The van der Waals surface area contributed by atoms with Gasteiger partial charge in [0.1, 0.15) is 39.4 Å². The van der Waals surface area contributed by atoms with E-state index in [-0.39, 0.29) is 66.0 Å². The van der Waals surface area contributed by atoms with Crippen molar-refractivity contribution in [3.63, 3.8) is 0 Å². The molecule has 64 heavy (non-hydrogen) atoms. The molecule has 0 radical (unpaired) electrons. The van der Waals surface area contributed by atoms with Crippen molar-refractivity contribution in [2.75, 3.05) is 49.5 Å². The molecule has 4 aromatic rings. The van der Waals surface area contributed by atoms with E-state index in [9.17, 15) is 14.9 Å². The summed E-state index contributed by atoms with van der Waals surface area (Å²) in [5.41, 5.74) is -1.72. The predicted octanol–water partition coefficient (Wildman–Crippen LogP) is 10.7. The number of ether oxygens (including phenoxy) is 4. The van der Waals surface area contributed by atoms with Crippen LogP contribution in [0.5, 0.6) is 6.01 Å². The molecule has 4 aliphatic rings. The fourth-order valence-electron chi connectivity index (χ4n) is 10.3. The van der Waals surface area contributed by atoms with Gasteiger partial charge in [0.2, 0.25) is 0 Å². The van der Waals surface area contributed by atoms with Crippen LogP contribution in [0.15, 0.2) is 18.2 Å². The monoisotopic (exact) mass is 921 g/mol. The summed E-state index contributed by atoms with van der Waals surface area (Å²) in [7, 11) is 0. The topological polar surface area (TPSA) is 142 Å². The first kappa shape index (κ1) is 46.0. The minimum atomic E-state index is -0.835. The molecule has 8 rings (SSSR count). The molecule has 5 heterocycles. The Bertz CT molecular complexity index is 2490. The van der Waals surface area contributed by atoms with E-state index in [0.717, 1.165) is 62.8 Å². The van der Waals surface area contributed by atoms with Crippen LogP contribution >= 0.6 is 22.9 Å². The van der Waals surface area contributed by atoms with E-state index in [1.165, 1.54) is 12.1 Å². The van der Waals surface area contributed by atoms with Gasteiger partial charge in [-0.15, -0.1) is 11.3 Å². The molecule has 3 aliphatic heterocycles. The van der Waals surface area contributed by atoms with Crippen molar-refractivity contribution in [2.45, 2.75) is 136 Å².